The molecule has 4 rings (SSSR count). The molecular formula is C27H31N5O4. The molecule has 3 aromatic rings. The molecule has 2 aromatic carbocycles. The number of nitrogens with two attached hydrogens (primary N) is 1. The highest BCUT2D eigenvalue weighted by molar-refractivity contribution is 5.77. The summed E-state index contributed by atoms with van der Waals surface area (Å²) in [6.45, 7) is 2.97. The summed E-state index contributed by atoms with van der Waals surface area (Å²) < 4.78 is 6.02. The van der Waals surface area contributed by atoms with E-state index in [0.717, 1.165) is 40.2 Å². The maximum absolute atomic E-state index is 11.4. The first-order valence-corrected chi connectivity index (χ1v) is 12.1. The number of hydrogen-bond acceptors (Lipinski definition) is 6. The molecule has 1 saturated heterocycles. The van der Waals surface area contributed by atoms with Crippen LogP contribution in [0.4, 0.5) is 16.4 Å². The van der Waals surface area contributed by atoms with Crippen molar-refractivity contribution in [2.24, 2.45) is 5.73 Å². The number of carboxylic acid groups (broad SMARTS) is 1. The van der Waals surface area contributed by atoms with Crippen LogP contribution >= 0.6 is 0 Å². The SMILES string of the molecule is Cc1cnc(Nc2ccc(OC3CCN(C(=O)O)CC3)cc2)nc1CCc1ccccc1CC(N)=O. The van der Waals surface area contributed by atoms with Crippen LogP contribution in [-0.4, -0.2) is 51.2 Å². The van der Waals surface area contributed by atoms with E-state index in [1.807, 2.05) is 55.5 Å². The van der Waals surface area contributed by atoms with E-state index in [0.29, 0.717) is 38.3 Å². The van der Waals surface area contributed by atoms with E-state index in [4.69, 9.17) is 20.6 Å². The third kappa shape index (κ3) is 6.71. The van der Waals surface area contributed by atoms with Gasteiger partial charge in [-0.15, -0.1) is 0 Å². The van der Waals surface area contributed by atoms with Gasteiger partial charge in [0, 0.05) is 43.5 Å². The molecule has 9 nitrogen and oxygen atoms in total. The van der Waals surface area contributed by atoms with Crippen molar-refractivity contribution in [2.75, 3.05) is 18.4 Å². The van der Waals surface area contributed by atoms with Gasteiger partial charge in [-0.25, -0.2) is 14.8 Å². The Morgan fingerprint density at radius 1 is 1.08 bits per heavy atom. The fraction of sp³-hybridized carbons (Fsp3) is 0.333. The van der Waals surface area contributed by atoms with Crippen molar-refractivity contribution in [1.82, 2.24) is 14.9 Å². The Morgan fingerprint density at radius 2 is 1.78 bits per heavy atom. The van der Waals surface area contributed by atoms with Crippen LogP contribution in [-0.2, 0) is 24.1 Å². The zero-order chi connectivity index (χ0) is 25.5. The smallest absolute Gasteiger partial charge is 0.407 e. The minimum atomic E-state index is -0.877. The van der Waals surface area contributed by atoms with Gasteiger partial charge in [0.1, 0.15) is 11.9 Å². The van der Waals surface area contributed by atoms with Gasteiger partial charge in [0.2, 0.25) is 11.9 Å². The van der Waals surface area contributed by atoms with Gasteiger partial charge < -0.3 is 25.8 Å². The molecule has 0 bridgehead atoms. The van der Waals surface area contributed by atoms with Crippen molar-refractivity contribution >= 4 is 23.6 Å². The Balaban J connectivity index is 1.35. The van der Waals surface area contributed by atoms with Crippen molar-refractivity contribution in [1.29, 1.82) is 0 Å². The summed E-state index contributed by atoms with van der Waals surface area (Å²) in [6, 6.07) is 15.4. The molecule has 2 heterocycles. The summed E-state index contributed by atoms with van der Waals surface area (Å²) in [6.07, 6.45) is 3.99. The molecule has 0 radical (unpaired) electrons. The first-order chi connectivity index (χ1) is 17.4. The molecule has 1 aromatic heterocycles. The van der Waals surface area contributed by atoms with Crippen LogP contribution in [0.2, 0.25) is 0 Å². The van der Waals surface area contributed by atoms with Crippen LogP contribution in [0, 0.1) is 6.92 Å². The number of carbonyl (C=O) groups excluding carboxylic acids is 1. The molecule has 188 valence electrons. The number of aryl methyl sites for hydroxylation is 3. The van der Waals surface area contributed by atoms with Gasteiger partial charge in [0.15, 0.2) is 0 Å². The average Bonchev–Trinajstić information content (AvgIpc) is 2.86. The predicted octanol–water partition coefficient (Wildman–Crippen LogP) is 3.86. The van der Waals surface area contributed by atoms with Gasteiger partial charge in [0.05, 0.1) is 6.42 Å². The number of anilines is 2. The summed E-state index contributed by atoms with van der Waals surface area (Å²) in [5.74, 6) is 0.914. The average molecular weight is 490 g/mol. The number of amides is 2. The second kappa shape index (κ2) is 11.5. The molecule has 2 amide bonds. The van der Waals surface area contributed by atoms with E-state index in [9.17, 15) is 9.59 Å². The summed E-state index contributed by atoms with van der Waals surface area (Å²) >= 11 is 0. The van der Waals surface area contributed by atoms with Gasteiger partial charge in [-0.1, -0.05) is 24.3 Å². The van der Waals surface area contributed by atoms with E-state index in [-0.39, 0.29) is 18.4 Å². The zero-order valence-electron chi connectivity index (χ0n) is 20.3. The molecule has 0 aliphatic carbocycles. The van der Waals surface area contributed by atoms with Gasteiger partial charge in [-0.2, -0.15) is 0 Å². The summed E-state index contributed by atoms with van der Waals surface area (Å²) in [5.41, 5.74) is 10.2. The Hall–Kier alpha value is -4.14. The number of hydrogen-bond donors (Lipinski definition) is 3. The fourth-order valence-corrected chi connectivity index (χ4v) is 4.31. The molecule has 0 atom stereocenters. The first-order valence-electron chi connectivity index (χ1n) is 12.1. The number of piperidine rings is 1. The molecule has 1 aliphatic rings. The number of likely N-dealkylation sites (tertiary alicyclic amines) is 1. The molecule has 0 saturated carbocycles. The minimum absolute atomic E-state index is 0.00972. The molecular weight excluding hydrogens is 458 g/mol. The largest absolute Gasteiger partial charge is 0.490 e. The van der Waals surface area contributed by atoms with E-state index in [2.05, 4.69) is 10.3 Å². The van der Waals surface area contributed by atoms with Crippen LogP contribution in [0.15, 0.2) is 54.7 Å². The third-order valence-electron chi connectivity index (χ3n) is 6.32. The maximum Gasteiger partial charge on any atom is 0.407 e. The minimum Gasteiger partial charge on any atom is -0.490 e. The standard InChI is InChI=1S/C27H31N5O4/c1-18-17-29-26(31-24(18)11-6-19-4-2-3-5-20(19)16-25(28)33)30-21-7-9-22(10-8-21)36-23-12-14-32(15-13-23)27(34)35/h2-5,7-10,17,23H,6,11-16H2,1H3,(H2,28,33)(H,34,35)(H,29,30,31). The maximum atomic E-state index is 11.4. The highest BCUT2D eigenvalue weighted by Crippen LogP contribution is 2.23. The van der Waals surface area contributed by atoms with E-state index >= 15 is 0 Å². The number of ether oxygens (including phenoxy) is 1. The van der Waals surface area contributed by atoms with Crippen molar-refractivity contribution < 1.29 is 19.4 Å². The highest BCUT2D eigenvalue weighted by atomic mass is 16.5. The molecule has 1 aliphatic heterocycles. The fourth-order valence-electron chi connectivity index (χ4n) is 4.31. The number of nitrogens with zero attached hydrogens (tertiary/aromatic N) is 3. The number of rotatable bonds is 9. The normalized spacial score (nSPS) is 13.9. The van der Waals surface area contributed by atoms with Crippen molar-refractivity contribution in [3.05, 3.63) is 77.1 Å². The first kappa shape index (κ1) is 25.0. The molecule has 1 fully saturated rings. The number of nitrogens with one attached hydrogen (secondary N) is 1. The number of aromatic nitrogens is 2. The van der Waals surface area contributed by atoms with Gasteiger partial charge in [-0.3, -0.25) is 4.79 Å². The van der Waals surface area contributed by atoms with Crippen LogP contribution in [0.5, 0.6) is 5.75 Å². The lowest BCUT2D eigenvalue weighted by Gasteiger charge is -2.30. The van der Waals surface area contributed by atoms with Gasteiger partial charge >= 0.3 is 6.09 Å². The summed E-state index contributed by atoms with van der Waals surface area (Å²) in [5, 5.41) is 12.3. The van der Waals surface area contributed by atoms with Crippen LogP contribution in [0.1, 0.15) is 35.2 Å². The van der Waals surface area contributed by atoms with Crippen molar-refractivity contribution in [3.63, 3.8) is 0 Å². The van der Waals surface area contributed by atoms with E-state index in [1.54, 1.807) is 6.20 Å². The molecule has 0 spiro atoms. The van der Waals surface area contributed by atoms with Gasteiger partial charge in [-0.05, 0) is 60.7 Å². The van der Waals surface area contributed by atoms with Crippen LogP contribution < -0.4 is 15.8 Å². The lowest BCUT2D eigenvalue weighted by Crippen LogP contribution is -2.41. The molecule has 4 N–H and O–H groups in total. The monoisotopic (exact) mass is 489 g/mol. The lowest BCUT2D eigenvalue weighted by atomic mass is 9.98. The number of carbonyl (C=O) groups is 2. The van der Waals surface area contributed by atoms with E-state index in [1.165, 1.54) is 4.90 Å². The Morgan fingerprint density at radius 3 is 2.44 bits per heavy atom. The van der Waals surface area contributed by atoms with Crippen molar-refractivity contribution in [3.8, 4) is 5.75 Å². The second-order valence-corrected chi connectivity index (χ2v) is 8.97. The topological polar surface area (TPSA) is 131 Å². The summed E-state index contributed by atoms with van der Waals surface area (Å²) in [7, 11) is 0. The Bertz CT molecular complexity index is 1210. The molecule has 36 heavy (non-hydrogen) atoms. The lowest BCUT2D eigenvalue weighted by molar-refractivity contribution is -0.117. The Labute approximate surface area is 210 Å². The third-order valence-corrected chi connectivity index (χ3v) is 6.32. The van der Waals surface area contributed by atoms with Crippen LogP contribution in [0.3, 0.4) is 0 Å². The number of benzene rings is 2. The van der Waals surface area contributed by atoms with Gasteiger partial charge in [0.25, 0.3) is 0 Å². The summed E-state index contributed by atoms with van der Waals surface area (Å²) in [4.78, 5) is 33.0. The molecule has 0 unspecified atom stereocenters. The second-order valence-electron chi connectivity index (χ2n) is 8.97. The van der Waals surface area contributed by atoms with Crippen molar-refractivity contribution in [2.45, 2.75) is 45.1 Å². The predicted molar refractivity (Wildman–Crippen MR) is 136 cm³/mol. The molecule has 9 heteroatoms. The Kier molecular flexibility index (Phi) is 7.99. The quantitative estimate of drug-likeness (QED) is 0.416. The highest BCUT2D eigenvalue weighted by Gasteiger charge is 2.23. The zero-order valence-corrected chi connectivity index (χ0v) is 20.3. The van der Waals surface area contributed by atoms with E-state index < -0.39 is 6.09 Å². The number of primary amides is 1. The van der Waals surface area contributed by atoms with Crippen LogP contribution in [0.25, 0.3) is 0 Å².